The van der Waals surface area contributed by atoms with Crippen LogP contribution in [0, 0.1) is 17.8 Å². The molecule has 18 amide bonds. The highest BCUT2D eigenvalue weighted by Crippen LogP contribution is 2.21. The first-order valence-electron chi connectivity index (χ1n) is 36.1. The predicted octanol–water partition coefficient (Wildman–Crippen LogP) is -10.2. The van der Waals surface area contributed by atoms with Crippen LogP contribution in [0.3, 0.4) is 0 Å². The zero-order chi connectivity index (χ0) is 87.1. The molecule has 48 heteroatoms. The number of thiol groups is 2. The Morgan fingerprint density at radius 1 is 0.412 bits per heavy atom. The van der Waals surface area contributed by atoms with E-state index in [1.54, 1.807) is 6.92 Å². The minimum absolute atomic E-state index is 0.0824. The maximum absolute atomic E-state index is 14.0. The Morgan fingerprint density at radius 2 is 0.772 bits per heavy atom. The summed E-state index contributed by atoms with van der Waals surface area (Å²) in [5, 5.41) is 68.1. The summed E-state index contributed by atoms with van der Waals surface area (Å²) < 4.78 is 0. The van der Waals surface area contributed by atoms with E-state index in [0.717, 1.165) is 0 Å². The fourth-order valence-electron chi connectivity index (χ4n) is 11.0. The Kier molecular flexibility index (Phi) is 45.0. The summed E-state index contributed by atoms with van der Waals surface area (Å²) >= 11 is 8.24. The van der Waals surface area contributed by atoms with E-state index in [4.69, 9.17) is 34.4 Å². The molecule has 1 fully saturated rings. The minimum Gasteiger partial charge on any atom is -0.481 e. The molecule has 15 atom stereocenters. The molecule has 0 aliphatic carbocycles. The zero-order valence-corrected chi connectivity index (χ0v) is 65.5. The van der Waals surface area contributed by atoms with E-state index in [1.807, 2.05) is 10.6 Å². The lowest BCUT2D eigenvalue weighted by atomic mass is 9.97. The first kappa shape index (κ1) is 101. The van der Waals surface area contributed by atoms with Crippen LogP contribution in [-0.4, -0.2) is 271 Å². The van der Waals surface area contributed by atoms with Crippen molar-refractivity contribution < 1.29 is 126 Å². The van der Waals surface area contributed by atoms with Gasteiger partial charge in [-0.25, -0.2) is 4.79 Å². The number of hydrogen-bond acceptors (Lipinski definition) is 26. The summed E-state index contributed by atoms with van der Waals surface area (Å²) in [6.45, 7) is 7.91. The lowest BCUT2D eigenvalue weighted by Gasteiger charge is -2.29. The summed E-state index contributed by atoms with van der Waals surface area (Å²) in [6.07, 6.45) is -6.14. The van der Waals surface area contributed by atoms with Gasteiger partial charge in [0.1, 0.15) is 78.5 Å². The molecule has 1 aliphatic heterocycles. The highest BCUT2D eigenvalue weighted by atomic mass is 32.1. The summed E-state index contributed by atoms with van der Waals surface area (Å²) in [5.41, 5.74) is 32.8. The first-order valence-corrected chi connectivity index (χ1v) is 37.4. The maximum atomic E-state index is 14.0. The van der Waals surface area contributed by atoms with E-state index in [1.165, 1.54) is 39.5 Å². The van der Waals surface area contributed by atoms with Crippen LogP contribution >= 0.6 is 25.3 Å². The molecule has 0 aromatic heterocycles. The number of amides is 18. The number of primary amides is 4. The van der Waals surface area contributed by atoms with Gasteiger partial charge in [0.25, 0.3) is 0 Å². The number of carboxylic acids is 4. The minimum atomic E-state index is -2.10. The Morgan fingerprint density at radius 3 is 1.20 bits per heavy atom. The lowest BCUT2D eigenvalue weighted by Crippen LogP contribution is -2.62. The van der Waals surface area contributed by atoms with Crippen molar-refractivity contribution in [1.29, 1.82) is 0 Å². The van der Waals surface area contributed by atoms with E-state index in [9.17, 15) is 126 Å². The highest BCUT2D eigenvalue weighted by molar-refractivity contribution is 7.80. The van der Waals surface area contributed by atoms with Crippen LogP contribution < -0.4 is 104 Å². The van der Waals surface area contributed by atoms with Gasteiger partial charge in [-0.05, 0) is 75.7 Å². The molecular weight excluding hydrogens is 1550 g/mol. The van der Waals surface area contributed by atoms with E-state index < -0.39 is 302 Å². The molecule has 1 saturated heterocycles. The molecule has 46 nitrogen and oxygen atoms in total. The fourth-order valence-corrected chi connectivity index (χ4v) is 11.5. The van der Waals surface area contributed by atoms with Gasteiger partial charge in [-0.1, -0.05) is 48.0 Å². The van der Waals surface area contributed by atoms with Crippen molar-refractivity contribution in [2.45, 2.75) is 229 Å². The van der Waals surface area contributed by atoms with Crippen molar-refractivity contribution in [2.75, 3.05) is 31.1 Å². The van der Waals surface area contributed by atoms with Crippen LogP contribution in [-0.2, 0) is 105 Å². The maximum Gasteiger partial charge on any atom is 0.326 e. The third kappa shape index (κ3) is 36.6. The highest BCUT2D eigenvalue weighted by Gasteiger charge is 2.42. The van der Waals surface area contributed by atoms with Crippen molar-refractivity contribution in [3.63, 3.8) is 0 Å². The number of rotatable bonds is 55. The quantitative estimate of drug-likeness (QED) is 0.0199. The number of carbonyl (C=O) groups excluding carboxylic acids is 18. The topological polar surface area (TPSA) is 772 Å². The average Bonchev–Trinajstić information content (AvgIpc) is 1.30. The lowest BCUT2D eigenvalue weighted by molar-refractivity contribution is -0.144. The van der Waals surface area contributed by atoms with Crippen molar-refractivity contribution in [2.24, 2.45) is 52.2 Å². The second-order valence-electron chi connectivity index (χ2n) is 27.4. The summed E-state index contributed by atoms with van der Waals surface area (Å²) in [6, 6.07) is -23.8. The van der Waals surface area contributed by atoms with E-state index in [2.05, 4.69) is 83.7 Å². The van der Waals surface area contributed by atoms with Crippen molar-refractivity contribution in [3.05, 3.63) is 0 Å². The van der Waals surface area contributed by atoms with Crippen LogP contribution in [0.5, 0.6) is 0 Å². The summed E-state index contributed by atoms with van der Waals surface area (Å²) in [7, 11) is 0. The fraction of sp³-hybridized carbons (Fsp3) is 0.667. The molecule has 0 unspecified atom stereocenters. The number of nitrogens with one attached hydrogen (secondary N) is 13. The number of likely N-dealkylation sites (tertiary alicyclic amines) is 1. The number of nitrogens with two attached hydrogens (primary N) is 6. The number of carboxylic acid groups (broad SMARTS) is 4. The zero-order valence-electron chi connectivity index (χ0n) is 63.7. The Balaban J connectivity index is 3.41. The van der Waals surface area contributed by atoms with Gasteiger partial charge in [0.15, 0.2) is 0 Å². The molecule has 0 spiro atoms. The van der Waals surface area contributed by atoms with Crippen LogP contribution in [0.1, 0.15) is 144 Å². The van der Waals surface area contributed by atoms with Crippen molar-refractivity contribution in [3.8, 4) is 0 Å². The Hall–Kier alpha value is -11.0. The molecule has 0 radical (unpaired) electrons. The molecule has 1 heterocycles. The van der Waals surface area contributed by atoms with Crippen molar-refractivity contribution >= 4 is 155 Å². The van der Waals surface area contributed by atoms with Crippen LogP contribution in [0.15, 0.2) is 0 Å². The Bertz CT molecular complexity index is 3500. The van der Waals surface area contributed by atoms with E-state index >= 15 is 0 Å². The third-order valence-electron chi connectivity index (χ3n) is 17.5. The smallest absolute Gasteiger partial charge is 0.326 e. The SMILES string of the molecule is CC[C@H](C)[C@H](NC(=O)[C@H](CS)NC(=O)[C@H](CC(=O)O)NC(=O)[C@H](CCC(N)=O)NC(=O)[C@H](CS)NC(=O)[C@@H](NC(=O)[C@H](CC(=O)O)NC(=O)CNC(=O)[C@H](CC(N)=O)NC(=O)[C@H](CC(=O)O)NC(=O)[C@H](CCCCN)NC(=O)[C@@H]1CCCN1C(=O)[C@@H](N)CCC(N)=O)C(C)C)C(=O)N[C@@H](CCC(N)=O)C(=O)N[C@H](C(=O)O)C(C)C. The third-order valence-corrected chi connectivity index (χ3v) is 18.2. The van der Waals surface area contributed by atoms with Gasteiger partial charge in [-0.3, -0.25) is 101 Å². The van der Waals surface area contributed by atoms with Gasteiger partial charge in [-0.2, -0.15) is 25.3 Å². The monoisotopic (exact) mass is 1660 g/mol. The molecule has 0 bridgehead atoms. The van der Waals surface area contributed by atoms with Gasteiger partial charge < -0.3 is 129 Å². The molecular formula is C66H108N20O26S2. The first-order chi connectivity index (χ1) is 53.2. The molecule has 0 saturated carbocycles. The van der Waals surface area contributed by atoms with E-state index in [0.29, 0.717) is 12.8 Å². The second kappa shape index (κ2) is 50.9. The number of hydrogen-bond donors (Lipinski definition) is 25. The van der Waals surface area contributed by atoms with Gasteiger partial charge in [0.2, 0.25) is 106 Å². The van der Waals surface area contributed by atoms with Crippen LogP contribution in [0.25, 0.3) is 0 Å². The summed E-state index contributed by atoms with van der Waals surface area (Å²) in [4.78, 5) is 289. The second-order valence-corrected chi connectivity index (χ2v) is 28.2. The van der Waals surface area contributed by atoms with Crippen LogP contribution in [0.2, 0.25) is 0 Å². The van der Waals surface area contributed by atoms with Gasteiger partial charge in [0.05, 0.1) is 38.3 Å². The number of unbranched alkanes of at least 4 members (excludes halogenated alkanes) is 1. The molecule has 1 aliphatic rings. The number of aliphatic carboxylic acids is 4. The molecule has 29 N–H and O–H groups in total. The standard InChI is InChI=1S/C66H108N20O26S2/c1-7-30(6)52(64(109)77-34(15-18-44(71)89)56(101)84-51(29(4)5)66(111)112)85-61(106)40(27-114)81-58(103)38(24-49(96)97)80-55(100)33(14-17-43(70)88)75-60(105)39(26-113)82-63(108)50(28(2)3)83-59(104)36(22-47(92)93)74-46(91)25-73-53(98)35(21-45(72)90)78-57(102)37(23-48(94)95)79-54(99)32(11-8-9-19-67)76-62(107)41-12-10-20-86(41)65(110)31(68)13-16-42(69)87/h28-41,50-52,113-114H,7-27,67-68H2,1-6H3,(H2,69,87)(H2,70,88)(H2,71,89)(H2,72,90)(H,73,98)(H,74,91)(H,75,105)(H,76,107)(H,77,109)(H,78,102)(H,79,99)(H,80,100)(H,81,103)(H,82,108)(H,83,104)(H,84,101)(H,85,106)(H,92,93)(H,94,95)(H,96,97)(H,111,112)/t30-,31-,32-,33-,34-,35-,36-,37-,38-,39-,40-,41-,50-,51-,52-/m0/s1. The number of carbonyl (C=O) groups is 22. The normalized spacial score (nSPS) is 16.1. The van der Waals surface area contributed by atoms with Gasteiger partial charge in [0, 0.05) is 37.3 Å². The average molecular weight is 1660 g/mol. The molecule has 640 valence electrons. The van der Waals surface area contributed by atoms with Gasteiger partial charge in [-0.15, -0.1) is 0 Å². The summed E-state index contributed by atoms with van der Waals surface area (Å²) in [5.74, 6) is -30.4. The molecule has 114 heavy (non-hydrogen) atoms. The largest absolute Gasteiger partial charge is 0.481 e. The predicted molar refractivity (Wildman–Crippen MR) is 402 cm³/mol. The van der Waals surface area contributed by atoms with E-state index in [-0.39, 0.29) is 51.6 Å². The molecule has 1 rings (SSSR count). The molecule has 0 aromatic carbocycles. The van der Waals surface area contributed by atoms with Crippen LogP contribution in [0.4, 0.5) is 0 Å². The van der Waals surface area contributed by atoms with Crippen molar-refractivity contribution in [1.82, 2.24) is 74.0 Å². The van der Waals surface area contributed by atoms with Gasteiger partial charge >= 0.3 is 23.9 Å². The molecule has 0 aromatic rings. The Labute approximate surface area is 664 Å². The number of nitrogens with zero attached hydrogens (tertiary/aromatic N) is 1.